The summed E-state index contributed by atoms with van der Waals surface area (Å²) in [7, 11) is 0. The van der Waals surface area contributed by atoms with E-state index in [1.165, 1.54) is 212 Å². The molecule has 0 aromatic rings. The molecule has 1 unspecified atom stereocenters. The Labute approximate surface area is 466 Å². The molecule has 436 valence electrons. The van der Waals surface area contributed by atoms with Gasteiger partial charge < -0.3 is 14.2 Å². The Kier molecular flexibility index (Phi) is 61.2. The van der Waals surface area contributed by atoms with Crippen molar-refractivity contribution in [3.63, 3.8) is 0 Å². The number of ether oxygens (including phenoxy) is 3. The summed E-state index contributed by atoms with van der Waals surface area (Å²) in [6.07, 6.45) is 81.2. The van der Waals surface area contributed by atoms with Crippen LogP contribution in [-0.4, -0.2) is 37.2 Å². The number of hydrogen-bond donors (Lipinski definition) is 0. The summed E-state index contributed by atoms with van der Waals surface area (Å²) in [6.45, 7) is 6.51. The van der Waals surface area contributed by atoms with Gasteiger partial charge in [-0.1, -0.05) is 281 Å². The van der Waals surface area contributed by atoms with Gasteiger partial charge in [0.1, 0.15) is 13.2 Å². The van der Waals surface area contributed by atoms with Gasteiger partial charge in [-0.3, -0.25) is 14.4 Å². The Bertz CT molecular complexity index is 1340. The summed E-state index contributed by atoms with van der Waals surface area (Å²) >= 11 is 0. The molecule has 75 heavy (non-hydrogen) atoms. The average Bonchev–Trinajstić information content (AvgIpc) is 3.41. The average molecular weight is 1050 g/mol. The number of unbranched alkanes of at least 4 members (excludes halogenated alkanes) is 39. The topological polar surface area (TPSA) is 78.9 Å². The molecule has 0 heterocycles. The molecule has 0 saturated carbocycles. The third-order valence-corrected chi connectivity index (χ3v) is 14.5. The molecule has 0 aliphatic carbocycles. The molecule has 6 heteroatoms. The van der Waals surface area contributed by atoms with Gasteiger partial charge in [-0.15, -0.1) is 0 Å². The van der Waals surface area contributed by atoms with Crippen LogP contribution in [0.15, 0.2) is 60.8 Å². The van der Waals surface area contributed by atoms with Crippen molar-refractivity contribution in [3.05, 3.63) is 60.8 Å². The van der Waals surface area contributed by atoms with Gasteiger partial charge in [0.25, 0.3) is 0 Å². The van der Waals surface area contributed by atoms with Gasteiger partial charge in [-0.2, -0.15) is 0 Å². The van der Waals surface area contributed by atoms with Gasteiger partial charge in [0, 0.05) is 19.3 Å². The standard InChI is InChI=1S/C69H124O6/c1-4-7-10-13-16-19-22-25-26-27-28-29-30-31-32-33-34-35-36-37-38-39-40-41-42-45-47-50-53-56-59-62-68(71)74-65-66(75-69(72)63-60-57-54-51-48-44-24-21-18-15-12-9-6-3)64-73-67(70)61-58-55-52-49-46-43-23-20-17-14-11-8-5-2/h9,12,18,20-21,23,27-28,44,48,66H,4-8,10-11,13-17,19,22,24-26,29-43,45-47,49-65H2,1-3H3/b12-9-,21-18-,23-20-,28-27-,48-44-. The highest BCUT2D eigenvalue weighted by Crippen LogP contribution is 2.17. The van der Waals surface area contributed by atoms with Crippen LogP contribution in [0.25, 0.3) is 0 Å². The molecule has 0 aliphatic rings. The maximum Gasteiger partial charge on any atom is 0.306 e. The van der Waals surface area contributed by atoms with Crippen LogP contribution in [-0.2, 0) is 28.6 Å². The summed E-state index contributed by atoms with van der Waals surface area (Å²) in [5.74, 6) is -0.911. The SMILES string of the molecule is CC/C=C\C/C=C\C/C=C\CCCCCC(=O)OC(COC(=O)CCCCCCC/C=C\CCCCCC)COC(=O)CCCCCCCCCCCCCCCCCCCCC/C=C\CCCCCCCCCC. The summed E-state index contributed by atoms with van der Waals surface area (Å²) in [5, 5.41) is 0. The van der Waals surface area contributed by atoms with Crippen molar-refractivity contribution in [2.45, 2.75) is 348 Å². The van der Waals surface area contributed by atoms with Crippen LogP contribution >= 0.6 is 0 Å². The molecule has 0 radical (unpaired) electrons. The molecular formula is C69H124O6. The molecule has 0 aromatic heterocycles. The van der Waals surface area contributed by atoms with Crippen LogP contribution in [0, 0.1) is 0 Å². The van der Waals surface area contributed by atoms with E-state index in [1.54, 1.807) is 0 Å². The van der Waals surface area contributed by atoms with Gasteiger partial charge in [-0.25, -0.2) is 0 Å². The van der Waals surface area contributed by atoms with E-state index in [-0.39, 0.29) is 31.1 Å². The second-order valence-electron chi connectivity index (χ2n) is 22.0. The summed E-state index contributed by atoms with van der Waals surface area (Å²) in [5.41, 5.74) is 0. The van der Waals surface area contributed by atoms with Gasteiger partial charge in [0.2, 0.25) is 0 Å². The highest BCUT2D eigenvalue weighted by Gasteiger charge is 2.19. The normalized spacial score (nSPS) is 12.4. The molecule has 0 N–H and O–H groups in total. The van der Waals surface area contributed by atoms with Crippen LogP contribution < -0.4 is 0 Å². The lowest BCUT2D eigenvalue weighted by Crippen LogP contribution is -2.30. The Hall–Kier alpha value is -2.89. The van der Waals surface area contributed by atoms with Crippen molar-refractivity contribution in [2.75, 3.05) is 13.2 Å². The lowest BCUT2D eigenvalue weighted by Gasteiger charge is -2.18. The van der Waals surface area contributed by atoms with Crippen molar-refractivity contribution in [1.82, 2.24) is 0 Å². The molecule has 0 saturated heterocycles. The predicted octanol–water partition coefficient (Wildman–Crippen LogP) is 22.3. The molecular weight excluding hydrogens is 925 g/mol. The molecule has 0 aliphatic heterocycles. The number of hydrogen-bond acceptors (Lipinski definition) is 6. The zero-order valence-corrected chi connectivity index (χ0v) is 50.1. The predicted molar refractivity (Wildman–Crippen MR) is 325 cm³/mol. The van der Waals surface area contributed by atoms with Crippen molar-refractivity contribution in [2.24, 2.45) is 0 Å². The van der Waals surface area contributed by atoms with Gasteiger partial charge >= 0.3 is 17.9 Å². The van der Waals surface area contributed by atoms with Crippen LogP contribution in [0.2, 0.25) is 0 Å². The molecule has 6 nitrogen and oxygen atoms in total. The highest BCUT2D eigenvalue weighted by atomic mass is 16.6. The van der Waals surface area contributed by atoms with Crippen LogP contribution in [0.1, 0.15) is 342 Å². The van der Waals surface area contributed by atoms with Crippen molar-refractivity contribution in [1.29, 1.82) is 0 Å². The first-order valence-electron chi connectivity index (χ1n) is 32.8. The Morgan fingerprint density at radius 2 is 0.520 bits per heavy atom. The number of rotatable bonds is 60. The summed E-state index contributed by atoms with van der Waals surface area (Å²) < 4.78 is 16.9. The Balaban J connectivity index is 4.12. The summed E-state index contributed by atoms with van der Waals surface area (Å²) in [6, 6.07) is 0. The molecule has 0 amide bonds. The quantitative estimate of drug-likeness (QED) is 0.0261. The van der Waals surface area contributed by atoms with Crippen LogP contribution in [0.4, 0.5) is 0 Å². The van der Waals surface area contributed by atoms with E-state index in [9.17, 15) is 14.4 Å². The van der Waals surface area contributed by atoms with Gasteiger partial charge in [0.15, 0.2) is 6.10 Å². The first-order valence-corrected chi connectivity index (χ1v) is 32.8. The summed E-state index contributed by atoms with van der Waals surface area (Å²) in [4.78, 5) is 38.2. The van der Waals surface area contributed by atoms with Crippen LogP contribution in [0.3, 0.4) is 0 Å². The lowest BCUT2D eigenvalue weighted by molar-refractivity contribution is -0.167. The smallest absolute Gasteiger partial charge is 0.306 e. The largest absolute Gasteiger partial charge is 0.462 e. The minimum atomic E-state index is -0.791. The zero-order chi connectivity index (χ0) is 54.3. The van der Waals surface area contributed by atoms with Crippen molar-refractivity contribution in [3.8, 4) is 0 Å². The van der Waals surface area contributed by atoms with Gasteiger partial charge in [-0.05, 0) is 103 Å². The number of carbonyl (C=O) groups is 3. The van der Waals surface area contributed by atoms with E-state index < -0.39 is 6.10 Å². The first-order chi connectivity index (χ1) is 37.0. The number of allylic oxidation sites excluding steroid dienone is 10. The fourth-order valence-electron chi connectivity index (χ4n) is 9.57. The molecule has 0 aromatic carbocycles. The minimum absolute atomic E-state index is 0.0861. The molecule has 0 rings (SSSR count). The Morgan fingerprint density at radius 1 is 0.280 bits per heavy atom. The maximum atomic E-state index is 12.8. The minimum Gasteiger partial charge on any atom is -0.462 e. The van der Waals surface area contributed by atoms with E-state index in [0.29, 0.717) is 19.3 Å². The highest BCUT2D eigenvalue weighted by molar-refractivity contribution is 5.71. The Morgan fingerprint density at radius 3 is 0.853 bits per heavy atom. The molecule has 0 bridgehead atoms. The fraction of sp³-hybridized carbons (Fsp3) is 0.812. The number of esters is 3. The maximum absolute atomic E-state index is 12.8. The molecule has 0 spiro atoms. The monoisotopic (exact) mass is 1050 g/mol. The van der Waals surface area contributed by atoms with E-state index in [0.717, 1.165) is 89.9 Å². The van der Waals surface area contributed by atoms with E-state index >= 15 is 0 Å². The molecule has 1 atom stereocenters. The van der Waals surface area contributed by atoms with Gasteiger partial charge in [0.05, 0.1) is 0 Å². The van der Waals surface area contributed by atoms with Crippen molar-refractivity contribution >= 4 is 17.9 Å². The number of carbonyl (C=O) groups excluding carboxylic acids is 3. The second-order valence-corrected chi connectivity index (χ2v) is 22.0. The molecule has 0 fully saturated rings. The van der Waals surface area contributed by atoms with Crippen molar-refractivity contribution < 1.29 is 28.6 Å². The lowest BCUT2D eigenvalue weighted by atomic mass is 10.0. The second kappa shape index (κ2) is 63.6. The van der Waals surface area contributed by atoms with Crippen LogP contribution in [0.5, 0.6) is 0 Å². The zero-order valence-electron chi connectivity index (χ0n) is 50.1. The first kappa shape index (κ1) is 72.1. The third-order valence-electron chi connectivity index (χ3n) is 14.5. The van der Waals surface area contributed by atoms with E-state index in [1.807, 2.05) is 0 Å². The third kappa shape index (κ3) is 61.8. The van der Waals surface area contributed by atoms with E-state index in [2.05, 4.69) is 81.5 Å². The van der Waals surface area contributed by atoms with E-state index in [4.69, 9.17) is 14.2 Å². The fourth-order valence-corrected chi connectivity index (χ4v) is 9.57.